The second kappa shape index (κ2) is 7.96. The third kappa shape index (κ3) is 3.85. The number of para-hydroxylation sites is 2. The molecule has 0 saturated carbocycles. The molecule has 2 aromatic rings. The smallest absolute Gasteiger partial charge is 0.241 e. The largest absolute Gasteiger partial charge is 0.384 e. The number of methoxy groups -OCH3 is 1. The monoisotopic (exact) mass is 371 g/mol. The van der Waals surface area contributed by atoms with E-state index in [-0.39, 0.29) is 18.0 Å². The number of amides is 1. The van der Waals surface area contributed by atoms with Crippen molar-refractivity contribution in [3.8, 4) is 0 Å². The number of carbonyl (C=O) groups is 1. The molecule has 2 aliphatic heterocycles. The molecule has 0 spiro atoms. The van der Waals surface area contributed by atoms with Crippen LogP contribution in [0, 0.1) is 12.8 Å². The Labute approximate surface area is 160 Å². The number of rotatable bonds is 5. The van der Waals surface area contributed by atoms with Gasteiger partial charge >= 0.3 is 0 Å². The first-order valence-electron chi connectivity index (χ1n) is 9.86. The molecule has 7 heteroatoms. The average Bonchev–Trinajstić information content (AvgIpc) is 3.27. The molecule has 27 heavy (non-hydrogen) atoms. The molecule has 4 rings (SSSR count). The summed E-state index contributed by atoms with van der Waals surface area (Å²) >= 11 is 0. The van der Waals surface area contributed by atoms with Crippen LogP contribution in [0.1, 0.15) is 25.1 Å². The Hall–Kier alpha value is -1.96. The number of hydrogen-bond donors (Lipinski definition) is 2. The van der Waals surface area contributed by atoms with Gasteiger partial charge in [0, 0.05) is 32.8 Å². The van der Waals surface area contributed by atoms with Crippen molar-refractivity contribution in [2.75, 3.05) is 26.8 Å². The fourth-order valence-corrected chi connectivity index (χ4v) is 4.41. The Morgan fingerprint density at radius 1 is 1.33 bits per heavy atom. The molecule has 1 aromatic heterocycles. The zero-order chi connectivity index (χ0) is 18.8. The first-order valence-corrected chi connectivity index (χ1v) is 9.86. The van der Waals surface area contributed by atoms with Crippen LogP contribution in [0.2, 0.25) is 0 Å². The number of aryl methyl sites for hydroxylation is 1. The molecule has 3 unspecified atom stereocenters. The highest BCUT2D eigenvalue weighted by Crippen LogP contribution is 2.21. The number of carbonyl (C=O) groups excluding carboxylic acids is 1. The highest BCUT2D eigenvalue weighted by atomic mass is 16.5. The lowest BCUT2D eigenvalue weighted by Gasteiger charge is -2.33. The number of likely N-dealkylation sites (tertiary alicyclic amines) is 1. The third-order valence-corrected chi connectivity index (χ3v) is 5.76. The summed E-state index contributed by atoms with van der Waals surface area (Å²) in [5.74, 6) is 1.67. The average molecular weight is 371 g/mol. The van der Waals surface area contributed by atoms with Crippen LogP contribution >= 0.6 is 0 Å². The molecule has 7 nitrogen and oxygen atoms in total. The summed E-state index contributed by atoms with van der Waals surface area (Å²) in [7, 11) is 1.73. The summed E-state index contributed by atoms with van der Waals surface area (Å²) in [6.07, 6.45) is 2.99. The summed E-state index contributed by atoms with van der Waals surface area (Å²) < 4.78 is 7.52. The number of aromatic nitrogens is 2. The van der Waals surface area contributed by atoms with Crippen molar-refractivity contribution >= 4 is 16.9 Å². The van der Waals surface area contributed by atoms with Crippen LogP contribution in [0.5, 0.6) is 0 Å². The van der Waals surface area contributed by atoms with Crippen molar-refractivity contribution in [1.29, 1.82) is 0 Å². The molecule has 2 saturated heterocycles. The van der Waals surface area contributed by atoms with E-state index in [0.717, 1.165) is 62.4 Å². The predicted octanol–water partition coefficient (Wildman–Crippen LogP) is 1.46. The Morgan fingerprint density at radius 3 is 3.04 bits per heavy atom. The maximum absolute atomic E-state index is 12.9. The summed E-state index contributed by atoms with van der Waals surface area (Å²) in [6.45, 7) is 5.23. The lowest BCUT2D eigenvalue weighted by Crippen LogP contribution is -2.49. The van der Waals surface area contributed by atoms with Gasteiger partial charge in [-0.3, -0.25) is 10.2 Å². The van der Waals surface area contributed by atoms with Crippen molar-refractivity contribution in [3.63, 3.8) is 0 Å². The number of hydrogen-bond acceptors (Lipinski definition) is 5. The molecule has 0 bridgehead atoms. The summed E-state index contributed by atoms with van der Waals surface area (Å²) in [6, 6.07) is 8.24. The lowest BCUT2D eigenvalue weighted by molar-refractivity contribution is -0.135. The second-order valence-electron chi connectivity index (χ2n) is 7.78. The quantitative estimate of drug-likeness (QED) is 0.833. The van der Waals surface area contributed by atoms with Gasteiger partial charge in [-0.1, -0.05) is 12.1 Å². The topological polar surface area (TPSA) is 71.4 Å². The van der Waals surface area contributed by atoms with Gasteiger partial charge in [0.05, 0.1) is 17.6 Å². The number of nitrogens with zero attached hydrogens (tertiary/aromatic N) is 3. The molecule has 1 amide bonds. The van der Waals surface area contributed by atoms with Crippen molar-refractivity contribution in [3.05, 3.63) is 30.1 Å². The van der Waals surface area contributed by atoms with E-state index < -0.39 is 0 Å². The number of piperidine rings is 1. The highest BCUT2D eigenvalue weighted by molar-refractivity contribution is 5.82. The number of fused-ring (bicyclic) bond motifs is 1. The standard InChI is InChI=1S/C20H29N5O2/c1-14-21-17-7-3-4-8-19(17)25(14)12-16-10-18(23-22-16)20(26)24-9-5-6-15(11-24)13-27-2/h3-4,7-8,15-16,18,22-23H,5-6,9-13H2,1-2H3. The van der Waals surface area contributed by atoms with Crippen LogP contribution in [0.25, 0.3) is 11.0 Å². The first kappa shape index (κ1) is 18.4. The SMILES string of the molecule is COCC1CCCN(C(=O)C2CC(Cn3c(C)nc4ccccc43)NN2)C1. The molecule has 146 valence electrons. The number of imidazole rings is 1. The van der Waals surface area contributed by atoms with Gasteiger partial charge in [0.1, 0.15) is 11.9 Å². The fraction of sp³-hybridized carbons (Fsp3) is 0.600. The van der Waals surface area contributed by atoms with Gasteiger partial charge < -0.3 is 14.2 Å². The normalized spacial score (nSPS) is 26.0. The zero-order valence-electron chi connectivity index (χ0n) is 16.1. The highest BCUT2D eigenvalue weighted by Gasteiger charge is 2.34. The fourth-order valence-electron chi connectivity index (χ4n) is 4.41. The van der Waals surface area contributed by atoms with E-state index in [9.17, 15) is 4.79 Å². The van der Waals surface area contributed by atoms with E-state index >= 15 is 0 Å². The van der Waals surface area contributed by atoms with Crippen LogP contribution in [-0.4, -0.2) is 59.2 Å². The van der Waals surface area contributed by atoms with Gasteiger partial charge in [-0.05, 0) is 44.2 Å². The maximum atomic E-state index is 12.9. The van der Waals surface area contributed by atoms with Gasteiger partial charge in [-0.15, -0.1) is 0 Å². The summed E-state index contributed by atoms with van der Waals surface area (Å²) in [4.78, 5) is 19.6. The van der Waals surface area contributed by atoms with Gasteiger partial charge in [0.15, 0.2) is 0 Å². The third-order valence-electron chi connectivity index (χ3n) is 5.76. The molecular formula is C20H29N5O2. The van der Waals surface area contributed by atoms with Crippen molar-refractivity contribution in [2.24, 2.45) is 5.92 Å². The van der Waals surface area contributed by atoms with Crippen LogP contribution < -0.4 is 10.9 Å². The number of benzene rings is 1. The Morgan fingerprint density at radius 2 is 2.19 bits per heavy atom. The van der Waals surface area contributed by atoms with E-state index in [4.69, 9.17) is 4.74 Å². The Bertz CT molecular complexity index is 803. The van der Waals surface area contributed by atoms with Crippen LogP contribution in [0.3, 0.4) is 0 Å². The maximum Gasteiger partial charge on any atom is 0.241 e. The van der Waals surface area contributed by atoms with Gasteiger partial charge in [-0.25, -0.2) is 10.4 Å². The van der Waals surface area contributed by atoms with Crippen LogP contribution in [0.4, 0.5) is 0 Å². The summed E-state index contributed by atoms with van der Waals surface area (Å²) in [5.41, 5.74) is 8.71. The van der Waals surface area contributed by atoms with Gasteiger partial charge in [0.2, 0.25) is 5.91 Å². The van der Waals surface area contributed by atoms with E-state index in [2.05, 4.69) is 26.5 Å². The van der Waals surface area contributed by atoms with Crippen molar-refractivity contribution in [1.82, 2.24) is 25.3 Å². The molecule has 1 aromatic carbocycles. The predicted molar refractivity (Wildman–Crippen MR) is 104 cm³/mol. The molecule has 3 atom stereocenters. The number of nitrogens with one attached hydrogen (secondary N) is 2. The zero-order valence-corrected chi connectivity index (χ0v) is 16.1. The Kier molecular flexibility index (Phi) is 5.43. The summed E-state index contributed by atoms with van der Waals surface area (Å²) in [5, 5.41) is 0. The lowest BCUT2D eigenvalue weighted by atomic mass is 9.98. The molecular weight excluding hydrogens is 342 g/mol. The van der Waals surface area contributed by atoms with E-state index in [0.29, 0.717) is 5.92 Å². The molecule has 2 aliphatic rings. The first-order chi connectivity index (χ1) is 13.2. The van der Waals surface area contributed by atoms with E-state index in [1.807, 2.05) is 30.0 Å². The molecule has 3 heterocycles. The van der Waals surface area contributed by atoms with Crippen molar-refractivity contribution < 1.29 is 9.53 Å². The molecule has 0 aliphatic carbocycles. The van der Waals surface area contributed by atoms with E-state index in [1.54, 1.807) is 7.11 Å². The molecule has 0 radical (unpaired) electrons. The number of hydrazine groups is 1. The van der Waals surface area contributed by atoms with Crippen LogP contribution in [0.15, 0.2) is 24.3 Å². The van der Waals surface area contributed by atoms with Gasteiger partial charge in [0.25, 0.3) is 0 Å². The second-order valence-corrected chi connectivity index (χ2v) is 7.78. The van der Waals surface area contributed by atoms with Gasteiger partial charge in [-0.2, -0.15) is 0 Å². The van der Waals surface area contributed by atoms with Crippen molar-refractivity contribution in [2.45, 2.75) is 44.8 Å². The minimum Gasteiger partial charge on any atom is -0.384 e. The Balaban J connectivity index is 1.38. The van der Waals surface area contributed by atoms with Crippen LogP contribution in [-0.2, 0) is 16.1 Å². The minimum absolute atomic E-state index is 0.161. The molecule has 2 N–H and O–H groups in total. The minimum atomic E-state index is -0.161. The van der Waals surface area contributed by atoms with E-state index in [1.165, 1.54) is 0 Å². The number of ether oxygens (including phenoxy) is 1. The molecule has 2 fully saturated rings.